The molecule has 0 fully saturated rings. The minimum Gasteiger partial charge on any atom is -0.497 e. The summed E-state index contributed by atoms with van der Waals surface area (Å²) >= 11 is 0. The van der Waals surface area contributed by atoms with Crippen molar-refractivity contribution in [1.29, 1.82) is 0 Å². The maximum absolute atomic E-state index is 12.6. The second kappa shape index (κ2) is 6.40. The van der Waals surface area contributed by atoms with E-state index in [-0.39, 0.29) is 11.2 Å². The van der Waals surface area contributed by atoms with Crippen molar-refractivity contribution in [2.75, 3.05) is 7.11 Å². The molecule has 3 nitrogen and oxygen atoms in total. The Balaban J connectivity index is 0.000000791. The van der Waals surface area contributed by atoms with Gasteiger partial charge in [0, 0.05) is 11.5 Å². The maximum Gasteiger partial charge on any atom is 0.492 e. The molecule has 78 valence electrons. The van der Waals surface area contributed by atoms with E-state index in [1.807, 2.05) is 13.8 Å². The van der Waals surface area contributed by atoms with Crippen LogP contribution in [0.3, 0.4) is 0 Å². The van der Waals surface area contributed by atoms with Gasteiger partial charge in [-0.3, -0.25) is 0 Å². The van der Waals surface area contributed by atoms with Crippen molar-refractivity contribution in [3.8, 4) is 5.75 Å². The van der Waals surface area contributed by atoms with E-state index >= 15 is 0 Å². The van der Waals surface area contributed by atoms with Gasteiger partial charge in [-0.05, 0) is 6.07 Å². The molecule has 5 heteroatoms. The third kappa shape index (κ3) is 3.36. The van der Waals surface area contributed by atoms with Gasteiger partial charge in [0.15, 0.2) is 0 Å². The van der Waals surface area contributed by atoms with Crippen molar-refractivity contribution in [2.45, 2.75) is 13.8 Å². The first-order valence-corrected chi connectivity index (χ1v) is 4.34. The Labute approximate surface area is 83.3 Å². The molecule has 0 unspecified atom stereocenters. The topological polar surface area (TPSA) is 49.7 Å². The quantitative estimate of drug-likeness (QED) is 0.685. The molecule has 1 rings (SSSR count). The predicted octanol–water partition coefficient (Wildman–Crippen LogP) is 0.540. The lowest BCUT2D eigenvalue weighted by atomic mass is 9.79. The van der Waals surface area contributed by atoms with Crippen LogP contribution in [0, 0.1) is 5.82 Å². The fourth-order valence-electron chi connectivity index (χ4n) is 0.898. The normalized spacial score (nSPS) is 8.71. The first-order chi connectivity index (χ1) is 6.65. The summed E-state index contributed by atoms with van der Waals surface area (Å²) in [5.74, 6) is -0.346. The molecular weight excluding hydrogens is 186 g/mol. The van der Waals surface area contributed by atoms with E-state index in [1.165, 1.54) is 13.2 Å². The molecule has 0 atom stereocenters. The minimum absolute atomic E-state index is 0.130. The Kier molecular flexibility index (Phi) is 5.91. The Morgan fingerprint density at radius 3 is 2.29 bits per heavy atom. The summed E-state index contributed by atoms with van der Waals surface area (Å²) in [6.45, 7) is 4.00. The molecular formula is C9H14BFO3. The van der Waals surface area contributed by atoms with Crippen LogP contribution in [0.4, 0.5) is 4.39 Å². The molecule has 0 heterocycles. The van der Waals surface area contributed by atoms with E-state index < -0.39 is 12.9 Å². The average Bonchev–Trinajstić information content (AvgIpc) is 2.20. The highest BCUT2D eigenvalue weighted by atomic mass is 19.1. The number of ether oxygens (including phenoxy) is 1. The first kappa shape index (κ1) is 12.9. The van der Waals surface area contributed by atoms with Crippen molar-refractivity contribution < 1.29 is 19.2 Å². The van der Waals surface area contributed by atoms with Crippen LogP contribution in [0.1, 0.15) is 13.8 Å². The van der Waals surface area contributed by atoms with E-state index in [9.17, 15) is 4.39 Å². The van der Waals surface area contributed by atoms with E-state index in [0.717, 1.165) is 12.1 Å². The van der Waals surface area contributed by atoms with Crippen LogP contribution in [0.15, 0.2) is 18.2 Å². The van der Waals surface area contributed by atoms with E-state index in [0.29, 0.717) is 0 Å². The van der Waals surface area contributed by atoms with Gasteiger partial charge in [-0.1, -0.05) is 19.9 Å². The summed E-state index contributed by atoms with van der Waals surface area (Å²) in [4.78, 5) is 0. The summed E-state index contributed by atoms with van der Waals surface area (Å²) in [5, 5.41) is 17.6. The van der Waals surface area contributed by atoms with E-state index in [4.69, 9.17) is 14.8 Å². The molecule has 2 N–H and O–H groups in total. The number of rotatable bonds is 2. The molecule has 1 aromatic rings. The summed E-state index contributed by atoms with van der Waals surface area (Å²) in [6, 6.07) is 3.49. The maximum atomic E-state index is 12.6. The Hall–Kier alpha value is -1.07. The molecule has 1 aromatic carbocycles. The highest BCUT2D eigenvalue weighted by Gasteiger charge is 2.16. The monoisotopic (exact) mass is 200 g/mol. The van der Waals surface area contributed by atoms with Gasteiger partial charge in [0.2, 0.25) is 0 Å². The molecule has 0 aliphatic rings. The Morgan fingerprint density at radius 1 is 1.29 bits per heavy atom. The zero-order chi connectivity index (χ0) is 11.1. The smallest absolute Gasteiger partial charge is 0.492 e. The van der Waals surface area contributed by atoms with Crippen LogP contribution in [0.5, 0.6) is 5.75 Å². The molecule has 0 aliphatic carbocycles. The lowest BCUT2D eigenvalue weighted by Gasteiger charge is -2.06. The lowest BCUT2D eigenvalue weighted by Crippen LogP contribution is -2.31. The van der Waals surface area contributed by atoms with Gasteiger partial charge < -0.3 is 14.8 Å². The molecule has 0 radical (unpaired) electrons. The average molecular weight is 200 g/mol. The lowest BCUT2D eigenvalue weighted by molar-refractivity contribution is 0.401. The SMILES string of the molecule is CC.COc1cc(F)ccc1B(O)O. The summed E-state index contributed by atoms with van der Waals surface area (Å²) < 4.78 is 17.3. The second-order valence-electron chi connectivity index (χ2n) is 2.26. The summed E-state index contributed by atoms with van der Waals surface area (Å²) in [7, 11) is -0.304. The van der Waals surface area contributed by atoms with Crippen LogP contribution >= 0.6 is 0 Å². The third-order valence-corrected chi connectivity index (χ3v) is 1.47. The Morgan fingerprint density at radius 2 is 1.86 bits per heavy atom. The number of methoxy groups -OCH3 is 1. The first-order valence-electron chi connectivity index (χ1n) is 4.34. The van der Waals surface area contributed by atoms with Gasteiger partial charge in [-0.2, -0.15) is 0 Å². The molecule has 0 aromatic heterocycles. The van der Waals surface area contributed by atoms with Gasteiger partial charge in [0.1, 0.15) is 11.6 Å². The molecule has 0 bridgehead atoms. The molecule has 0 saturated heterocycles. The summed E-state index contributed by atoms with van der Waals surface area (Å²) in [5.41, 5.74) is 0.152. The highest BCUT2D eigenvalue weighted by molar-refractivity contribution is 6.59. The number of benzene rings is 1. The van der Waals surface area contributed by atoms with Gasteiger partial charge >= 0.3 is 7.12 Å². The molecule has 0 amide bonds. The number of hydrogen-bond donors (Lipinski definition) is 2. The number of hydrogen-bond acceptors (Lipinski definition) is 3. The fraction of sp³-hybridized carbons (Fsp3) is 0.333. The highest BCUT2D eigenvalue weighted by Crippen LogP contribution is 2.09. The zero-order valence-corrected chi connectivity index (χ0v) is 8.49. The molecule has 0 saturated carbocycles. The zero-order valence-electron chi connectivity index (χ0n) is 8.49. The fourth-order valence-corrected chi connectivity index (χ4v) is 0.898. The van der Waals surface area contributed by atoms with Gasteiger partial charge in [0.25, 0.3) is 0 Å². The van der Waals surface area contributed by atoms with E-state index in [2.05, 4.69) is 0 Å². The van der Waals surface area contributed by atoms with Crippen LogP contribution < -0.4 is 10.2 Å². The molecule has 0 spiro atoms. The largest absolute Gasteiger partial charge is 0.497 e. The van der Waals surface area contributed by atoms with Crippen LogP contribution in [-0.4, -0.2) is 24.3 Å². The van der Waals surface area contributed by atoms with Crippen molar-refractivity contribution in [1.82, 2.24) is 0 Å². The predicted molar refractivity (Wildman–Crippen MR) is 54.1 cm³/mol. The van der Waals surface area contributed by atoms with Crippen molar-refractivity contribution in [3.05, 3.63) is 24.0 Å². The van der Waals surface area contributed by atoms with Crippen LogP contribution in [0.2, 0.25) is 0 Å². The van der Waals surface area contributed by atoms with Crippen molar-refractivity contribution in [3.63, 3.8) is 0 Å². The third-order valence-electron chi connectivity index (χ3n) is 1.47. The Bertz CT molecular complexity index is 279. The van der Waals surface area contributed by atoms with Gasteiger partial charge in [-0.15, -0.1) is 0 Å². The van der Waals surface area contributed by atoms with Gasteiger partial charge in [-0.25, -0.2) is 4.39 Å². The van der Waals surface area contributed by atoms with Crippen LogP contribution in [0.25, 0.3) is 0 Å². The molecule has 14 heavy (non-hydrogen) atoms. The molecule has 0 aliphatic heterocycles. The second-order valence-corrected chi connectivity index (χ2v) is 2.26. The number of halogens is 1. The van der Waals surface area contributed by atoms with Crippen molar-refractivity contribution >= 4 is 12.6 Å². The van der Waals surface area contributed by atoms with Crippen molar-refractivity contribution in [2.24, 2.45) is 0 Å². The minimum atomic E-state index is -1.64. The standard InChI is InChI=1S/C7H8BFO3.C2H6/c1-12-7-4-5(9)2-3-6(7)8(10)11;1-2/h2-4,10-11H,1H3;1-2H3. The van der Waals surface area contributed by atoms with Gasteiger partial charge in [0.05, 0.1) is 7.11 Å². The summed E-state index contributed by atoms with van der Waals surface area (Å²) in [6.07, 6.45) is 0. The van der Waals surface area contributed by atoms with Crippen LogP contribution in [-0.2, 0) is 0 Å². The van der Waals surface area contributed by atoms with E-state index in [1.54, 1.807) is 0 Å².